The fourth-order valence-corrected chi connectivity index (χ4v) is 3.73. The molecule has 1 aliphatic rings. The van der Waals surface area contributed by atoms with E-state index in [0.717, 1.165) is 49.4 Å². The highest BCUT2D eigenvalue weighted by atomic mass is 16.2. The molecule has 0 radical (unpaired) electrons. The van der Waals surface area contributed by atoms with Crippen LogP contribution in [0.3, 0.4) is 0 Å². The van der Waals surface area contributed by atoms with Crippen LogP contribution in [0.4, 0.5) is 5.82 Å². The van der Waals surface area contributed by atoms with Crippen molar-refractivity contribution in [3.05, 3.63) is 29.8 Å². The van der Waals surface area contributed by atoms with Gasteiger partial charge < -0.3 is 10.2 Å². The van der Waals surface area contributed by atoms with Crippen molar-refractivity contribution in [1.82, 2.24) is 25.1 Å². The lowest BCUT2D eigenvalue weighted by Crippen LogP contribution is -2.45. The maximum absolute atomic E-state index is 12.6. The summed E-state index contributed by atoms with van der Waals surface area (Å²) in [6.45, 7) is 9.76. The lowest BCUT2D eigenvalue weighted by molar-refractivity contribution is -0.125. The average Bonchev–Trinajstić information content (AvgIpc) is 3.00. The molecule has 0 bridgehead atoms. The number of aryl methyl sites for hydroxylation is 2. The molecule has 2 unspecified atom stereocenters. The summed E-state index contributed by atoms with van der Waals surface area (Å²) in [7, 11) is 0. The predicted molar refractivity (Wildman–Crippen MR) is 106 cm³/mol. The van der Waals surface area contributed by atoms with E-state index in [1.807, 2.05) is 24.6 Å². The van der Waals surface area contributed by atoms with Gasteiger partial charge in [0.1, 0.15) is 5.82 Å². The Kier molecular flexibility index (Phi) is 6.08. The summed E-state index contributed by atoms with van der Waals surface area (Å²) in [6.07, 6.45) is 7.49. The number of anilines is 1. The molecule has 2 atom stereocenters. The second-order valence-electron chi connectivity index (χ2n) is 7.56. The van der Waals surface area contributed by atoms with Crippen molar-refractivity contribution in [2.24, 2.45) is 5.92 Å². The number of hydrogen-bond donors (Lipinski definition) is 1. The number of carbonyl (C=O) groups is 1. The quantitative estimate of drug-likeness (QED) is 0.846. The fraction of sp³-hybridized carbons (Fsp3) is 0.600. The van der Waals surface area contributed by atoms with Crippen LogP contribution in [0.25, 0.3) is 5.82 Å². The molecule has 1 fully saturated rings. The van der Waals surface area contributed by atoms with Gasteiger partial charge in [0.2, 0.25) is 5.91 Å². The molecule has 146 valence electrons. The monoisotopic (exact) mass is 370 g/mol. The van der Waals surface area contributed by atoms with Gasteiger partial charge >= 0.3 is 0 Å². The number of carbonyl (C=O) groups excluding carboxylic acids is 1. The van der Waals surface area contributed by atoms with Gasteiger partial charge in [-0.05, 0) is 46.1 Å². The van der Waals surface area contributed by atoms with Crippen LogP contribution >= 0.6 is 0 Å². The average molecular weight is 371 g/mol. The van der Waals surface area contributed by atoms with Gasteiger partial charge in [0.15, 0.2) is 5.82 Å². The highest BCUT2D eigenvalue weighted by molar-refractivity contribution is 5.79. The van der Waals surface area contributed by atoms with Gasteiger partial charge in [-0.2, -0.15) is 5.10 Å². The van der Waals surface area contributed by atoms with Crippen LogP contribution in [-0.2, 0) is 4.79 Å². The Morgan fingerprint density at radius 1 is 1.33 bits per heavy atom. The Bertz CT molecular complexity index is 787. The minimum Gasteiger partial charge on any atom is -0.354 e. The van der Waals surface area contributed by atoms with E-state index in [1.54, 1.807) is 12.4 Å². The van der Waals surface area contributed by atoms with Gasteiger partial charge in [-0.15, -0.1) is 0 Å². The van der Waals surface area contributed by atoms with E-state index in [-0.39, 0.29) is 17.9 Å². The number of nitrogens with zero attached hydrogens (tertiary/aromatic N) is 5. The molecule has 1 saturated heterocycles. The standard InChI is InChI=1S/C20H30N6O/c1-5-7-14(2)22-20(27)17-8-6-9-25(13-17)18-11-21-12-19(23-18)26-16(4)10-15(3)24-26/h10-12,14,17H,5-9,13H2,1-4H3,(H,22,27). The van der Waals surface area contributed by atoms with Gasteiger partial charge in [-0.3, -0.25) is 9.78 Å². The molecular formula is C20H30N6O. The molecule has 2 aromatic heterocycles. The zero-order valence-electron chi connectivity index (χ0n) is 16.8. The maximum atomic E-state index is 12.6. The highest BCUT2D eigenvalue weighted by Gasteiger charge is 2.27. The van der Waals surface area contributed by atoms with E-state index >= 15 is 0 Å². The minimum absolute atomic E-state index is 0.00260. The first kappa shape index (κ1) is 19.3. The zero-order chi connectivity index (χ0) is 19.4. The van der Waals surface area contributed by atoms with E-state index in [4.69, 9.17) is 4.98 Å². The van der Waals surface area contributed by atoms with Gasteiger partial charge in [-0.1, -0.05) is 13.3 Å². The number of rotatable bonds is 6. The predicted octanol–water partition coefficient (Wildman–Crippen LogP) is 2.80. The zero-order valence-corrected chi connectivity index (χ0v) is 16.8. The van der Waals surface area contributed by atoms with Crippen LogP contribution in [0.5, 0.6) is 0 Å². The third kappa shape index (κ3) is 4.64. The topological polar surface area (TPSA) is 75.9 Å². The van der Waals surface area contributed by atoms with Crippen molar-refractivity contribution >= 4 is 11.7 Å². The van der Waals surface area contributed by atoms with Gasteiger partial charge in [0, 0.05) is 24.8 Å². The molecule has 1 amide bonds. The summed E-state index contributed by atoms with van der Waals surface area (Å²) in [5.74, 6) is 1.67. The van der Waals surface area contributed by atoms with E-state index < -0.39 is 0 Å². The Morgan fingerprint density at radius 3 is 2.81 bits per heavy atom. The fourth-order valence-electron chi connectivity index (χ4n) is 3.73. The third-order valence-electron chi connectivity index (χ3n) is 5.06. The Balaban J connectivity index is 1.72. The normalized spacial score (nSPS) is 18.4. The first-order valence-corrected chi connectivity index (χ1v) is 9.89. The molecule has 3 heterocycles. The molecule has 0 spiro atoms. The van der Waals surface area contributed by atoms with Crippen LogP contribution in [0.15, 0.2) is 18.5 Å². The van der Waals surface area contributed by atoms with Crippen LogP contribution in [0.1, 0.15) is 50.9 Å². The first-order chi connectivity index (χ1) is 13.0. The van der Waals surface area contributed by atoms with E-state index in [0.29, 0.717) is 12.4 Å². The molecule has 1 N–H and O–H groups in total. The lowest BCUT2D eigenvalue weighted by atomic mass is 9.96. The summed E-state index contributed by atoms with van der Waals surface area (Å²) < 4.78 is 1.81. The Labute approximate surface area is 161 Å². The molecule has 7 heteroatoms. The molecule has 3 rings (SSSR count). The molecule has 7 nitrogen and oxygen atoms in total. The third-order valence-corrected chi connectivity index (χ3v) is 5.06. The molecule has 2 aromatic rings. The van der Waals surface area contributed by atoms with Crippen molar-refractivity contribution < 1.29 is 4.79 Å². The minimum atomic E-state index is -0.00260. The van der Waals surface area contributed by atoms with Crippen molar-refractivity contribution in [3.63, 3.8) is 0 Å². The van der Waals surface area contributed by atoms with Crippen molar-refractivity contribution in [2.45, 2.75) is 59.4 Å². The largest absolute Gasteiger partial charge is 0.354 e. The summed E-state index contributed by atoms with van der Waals surface area (Å²) in [5.41, 5.74) is 1.98. The van der Waals surface area contributed by atoms with Crippen molar-refractivity contribution in [3.8, 4) is 5.82 Å². The molecule has 0 saturated carbocycles. The summed E-state index contributed by atoms with van der Waals surface area (Å²) in [4.78, 5) is 23.9. The first-order valence-electron chi connectivity index (χ1n) is 9.89. The number of hydrogen-bond acceptors (Lipinski definition) is 5. The van der Waals surface area contributed by atoms with Crippen molar-refractivity contribution in [2.75, 3.05) is 18.0 Å². The van der Waals surface area contributed by atoms with Crippen LogP contribution in [-0.4, -0.2) is 44.8 Å². The van der Waals surface area contributed by atoms with E-state index in [9.17, 15) is 4.79 Å². The van der Waals surface area contributed by atoms with Crippen LogP contribution in [0, 0.1) is 19.8 Å². The van der Waals surface area contributed by atoms with E-state index in [2.05, 4.69) is 34.1 Å². The second kappa shape index (κ2) is 8.50. The summed E-state index contributed by atoms with van der Waals surface area (Å²) in [6, 6.07) is 2.25. The SMILES string of the molecule is CCCC(C)NC(=O)C1CCCN(c2cncc(-n3nc(C)cc3C)n2)C1. The summed E-state index contributed by atoms with van der Waals surface area (Å²) in [5, 5.41) is 7.65. The number of amides is 1. The molecule has 0 aliphatic carbocycles. The second-order valence-corrected chi connectivity index (χ2v) is 7.56. The molecule has 1 aliphatic heterocycles. The van der Waals surface area contributed by atoms with Crippen molar-refractivity contribution in [1.29, 1.82) is 0 Å². The van der Waals surface area contributed by atoms with Gasteiger partial charge in [0.05, 0.1) is 24.0 Å². The molecule has 0 aromatic carbocycles. The highest BCUT2D eigenvalue weighted by Crippen LogP contribution is 2.22. The number of aromatic nitrogens is 4. The number of piperidine rings is 1. The summed E-state index contributed by atoms with van der Waals surface area (Å²) >= 11 is 0. The smallest absolute Gasteiger partial charge is 0.225 e. The van der Waals surface area contributed by atoms with Gasteiger partial charge in [-0.25, -0.2) is 9.67 Å². The Hall–Kier alpha value is -2.44. The molecular weight excluding hydrogens is 340 g/mol. The van der Waals surface area contributed by atoms with Crippen LogP contribution in [0.2, 0.25) is 0 Å². The molecule has 27 heavy (non-hydrogen) atoms. The van der Waals surface area contributed by atoms with Crippen LogP contribution < -0.4 is 10.2 Å². The Morgan fingerprint density at radius 2 is 2.11 bits per heavy atom. The number of nitrogens with one attached hydrogen (secondary N) is 1. The maximum Gasteiger partial charge on any atom is 0.225 e. The lowest BCUT2D eigenvalue weighted by Gasteiger charge is -2.33. The van der Waals surface area contributed by atoms with E-state index in [1.165, 1.54) is 0 Å². The van der Waals surface area contributed by atoms with Gasteiger partial charge in [0.25, 0.3) is 0 Å².